The van der Waals surface area contributed by atoms with E-state index in [1.807, 2.05) is 12.3 Å². The van der Waals surface area contributed by atoms with Crippen LogP contribution in [0.1, 0.15) is 59.3 Å². The molecule has 0 radical (unpaired) electrons. The third-order valence-corrected chi connectivity index (χ3v) is 18.6. The van der Waals surface area contributed by atoms with E-state index in [-0.39, 0.29) is 0 Å². The molecule has 0 N–H and O–H groups in total. The summed E-state index contributed by atoms with van der Waals surface area (Å²) in [4.78, 5) is 0. The Morgan fingerprint density at radius 2 is 1.37 bits per heavy atom. The summed E-state index contributed by atoms with van der Waals surface area (Å²) in [6, 6.07) is 4.22. The molecule has 1 heterocycles. The molecule has 0 saturated carbocycles. The number of unbranched alkanes of at least 4 members (excludes halogenated alkanes) is 3. The Morgan fingerprint density at radius 3 is 1.74 bits per heavy atom. The maximum absolute atomic E-state index is 4.72. The molecule has 0 saturated heterocycles. The number of rotatable bonds is 10. The molecule has 0 unspecified atom stereocenters. The van der Waals surface area contributed by atoms with E-state index in [4.69, 9.17) is 5.10 Å². The molecule has 1 aromatic heterocycles. The molecule has 0 aliphatic heterocycles. The first kappa shape index (κ1) is 16.9. The summed E-state index contributed by atoms with van der Waals surface area (Å²) < 4.78 is 6.90. The van der Waals surface area contributed by atoms with Gasteiger partial charge in [0.25, 0.3) is 0 Å². The quantitative estimate of drug-likeness (QED) is 0.552. The van der Waals surface area contributed by atoms with E-state index in [1.54, 1.807) is 0 Å². The molecule has 0 amide bonds. The first-order chi connectivity index (χ1) is 9.29. The van der Waals surface area contributed by atoms with Crippen molar-refractivity contribution in [2.24, 2.45) is 0 Å². The van der Waals surface area contributed by atoms with Crippen LogP contribution in [0.15, 0.2) is 24.5 Å². The zero-order valence-corrected chi connectivity index (χ0v) is 15.9. The van der Waals surface area contributed by atoms with Gasteiger partial charge in [0, 0.05) is 0 Å². The third-order valence-electron chi connectivity index (χ3n) is 4.09. The summed E-state index contributed by atoms with van der Waals surface area (Å²) in [5.41, 5.74) is 0. The van der Waals surface area contributed by atoms with Crippen LogP contribution in [0.4, 0.5) is 0 Å². The van der Waals surface area contributed by atoms with Crippen LogP contribution in [-0.4, -0.2) is 23.7 Å². The van der Waals surface area contributed by atoms with Crippen LogP contribution in [0.3, 0.4) is 0 Å². The van der Waals surface area contributed by atoms with E-state index in [1.165, 1.54) is 51.8 Å². The van der Waals surface area contributed by atoms with Gasteiger partial charge in [-0.25, -0.2) is 0 Å². The molecule has 3 heteroatoms. The van der Waals surface area contributed by atoms with Crippen LogP contribution >= 0.6 is 0 Å². The van der Waals surface area contributed by atoms with Crippen molar-refractivity contribution in [1.82, 2.24) is 5.10 Å². The minimum absolute atomic E-state index is 1.32. The van der Waals surface area contributed by atoms with Crippen LogP contribution in [0, 0.1) is 0 Å². The molecule has 0 aliphatic carbocycles. The minimum atomic E-state index is -2.29. The normalized spacial score (nSPS) is 11.7. The Bertz CT molecular complexity index is 305. The predicted molar refractivity (Wildman–Crippen MR) is 84.7 cm³/mol. The van der Waals surface area contributed by atoms with E-state index in [0.29, 0.717) is 0 Å². The fourth-order valence-corrected chi connectivity index (χ4v) is 17.6. The summed E-state index contributed by atoms with van der Waals surface area (Å²) in [6.07, 6.45) is 12.4. The summed E-state index contributed by atoms with van der Waals surface area (Å²) in [5, 5.41) is 4.72. The van der Waals surface area contributed by atoms with Crippen molar-refractivity contribution in [2.45, 2.75) is 72.6 Å². The maximum atomic E-state index is 4.72. The van der Waals surface area contributed by atoms with Crippen molar-refractivity contribution in [3.63, 3.8) is 0 Å². The summed E-state index contributed by atoms with van der Waals surface area (Å²) in [5.74, 6) is 0. The number of nitrogens with zero attached hydrogens (tertiary/aromatic N) is 2. The van der Waals surface area contributed by atoms with Crippen molar-refractivity contribution in [3.8, 4) is 0 Å². The average molecular weight is 370 g/mol. The second-order valence-electron chi connectivity index (χ2n) is 5.68. The Balaban J connectivity index is 2.94. The van der Waals surface area contributed by atoms with E-state index in [9.17, 15) is 0 Å². The summed E-state index contributed by atoms with van der Waals surface area (Å²) in [7, 11) is 0. The summed E-state index contributed by atoms with van der Waals surface area (Å²) in [6.45, 7) is 6.96. The van der Waals surface area contributed by atoms with Crippen LogP contribution in [0.2, 0.25) is 13.3 Å². The fourth-order valence-electron chi connectivity index (χ4n) is 2.85. The number of hydrogen-bond donors (Lipinski definition) is 0. The van der Waals surface area contributed by atoms with Crippen molar-refractivity contribution in [1.29, 1.82) is 0 Å². The van der Waals surface area contributed by atoms with Crippen molar-refractivity contribution in [3.05, 3.63) is 24.5 Å². The van der Waals surface area contributed by atoms with Gasteiger partial charge in [-0.3, -0.25) is 0 Å². The van der Waals surface area contributed by atoms with Crippen molar-refractivity contribution >= 4 is 18.7 Å². The van der Waals surface area contributed by atoms with Crippen LogP contribution in [0.25, 0.3) is 0 Å². The molecule has 0 bridgehead atoms. The first-order valence-electron chi connectivity index (χ1n) is 8.12. The number of hydrogen-bond acceptors (Lipinski definition) is 1. The molecule has 0 atom stereocenters. The first-order valence-corrected chi connectivity index (χ1v) is 15.5. The van der Waals surface area contributed by atoms with Crippen LogP contribution in [0.5, 0.6) is 0 Å². The van der Waals surface area contributed by atoms with E-state index >= 15 is 0 Å². The van der Waals surface area contributed by atoms with Gasteiger partial charge in [0.1, 0.15) is 0 Å². The van der Waals surface area contributed by atoms with Gasteiger partial charge in [-0.15, -0.1) is 0 Å². The molecule has 108 valence electrons. The molecule has 2 nitrogen and oxygen atoms in total. The molecule has 19 heavy (non-hydrogen) atoms. The molecule has 0 fully saturated rings. The summed E-state index contributed by atoms with van der Waals surface area (Å²) >= 11 is -2.29. The van der Waals surface area contributed by atoms with E-state index in [0.717, 1.165) is 0 Å². The topological polar surface area (TPSA) is 16.8 Å². The molecule has 0 spiro atoms. The van der Waals surface area contributed by atoms with Gasteiger partial charge in [0.05, 0.1) is 0 Å². The fraction of sp³-hybridized carbons (Fsp3) is 0.750. The van der Waals surface area contributed by atoms with Gasteiger partial charge < -0.3 is 0 Å². The Morgan fingerprint density at radius 1 is 0.842 bits per heavy atom. The van der Waals surface area contributed by atoms with Crippen molar-refractivity contribution in [2.75, 3.05) is 0 Å². The zero-order valence-electron chi connectivity index (χ0n) is 13.1. The Kier molecular flexibility index (Phi) is 8.67. The van der Waals surface area contributed by atoms with Gasteiger partial charge in [0.15, 0.2) is 0 Å². The molecular weight excluding hydrogens is 339 g/mol. The Hall–Kier alpha value is -0.121. The van der Waals surface area contributed by atoms with E-state index in [2.05, 4.69) is 35.9 Å². The van der Waals surface area contributed by atoms with Gasteiger partial charge in [-0.05, 0) is 0 Å². The third kappa shape index (κ3) is 5.41. The molecular formula is C16H31N2Sn+. The number of aromatic nitrogens is 2. The van der Waals surface area contributed by atoms with Crippen LogP contribution < -0.4 is 2.90 Å². The van der Waals surface area contributed by atoms with Gasteiger partial charge >= 0.3 is 124 Å². The molecule has 1 rings (SSSR count). The van der Waals surface area contributed by atoms with Crippen molar-refractivity contribution < 1.29 is 2.90 Å². The Labute approximate surface area is 123 Å². The molecule has 0 aliphatic rings. The van der Waals surface area contributed by atoms with Crippen LogP contribution in [-0.2, 0) is 0 Å². The molecule has 0 aromatic carbocycles. The monoisotopic (exact) mass is 371 g/mol. The average Bonchev–Trinajstić information content (AvgIpc) is 2.48. The second kappa shape index (κ2) is 9.73. The van der Waals surface area contributed by atoms with E-state index < -0.39 is 18.7 Å². The standard InChI is InChI=1S/C4H4N2.3C4H9.Sn/c1-2-4-6-5-3-1;3*1-3-4-2;/h1-4H;3*1,3-4H2,2H3;/q;;;;+1. The second-order valence-corrected chi connectivity index (χ2v) is 18.3. The van der Waals surface area contributed by atoms with Gasteiger partial charge in [0.2, 0.25) is 0 Å². The zero-order chi connectivity index (χ0) is 14.0. The predicted octanol–water partition coefficient (Wildman–Crippen LogP) is 4.56. The molecule has 1 aromatic rings. The SMILES string of the molecule is CCC[CH2][Sn]([CH2]CCC)([CH2]CCC)[n+]1ccccn1. The van der Waals surface area contributed by atoms with Gasteiger partial charge in [-0.1, -0.05) is 0 Å². The van der Waals surface area contributed by atoms with Gasteiger partial charge in [-0.2, -0.15) is 0 Å².